The number of esters is 1. The molecule has 104 valence electrons. The zero-order valence-corrected chi connectivity index (χ0v) is 11.7. The molecule has 0 amide bonds. The first-order valence-corrected chi connectivity index (χ1v) is 7.19. The molecule has 0 aromatic heterocycles. The minimum Gasteiger partial charge on any atom is -0.465 e. The van der Waals surface area contributed by atoms with Crippen molar-refractivity contribution in [3.63, 3.8) is 0 Å². The number of hydrogen-bond donors (Lipinski definition) is 1. The molecule has 1 fully saturated rings. The van der Waals surface area contributed by atoms with Crippen LogP contribution in [0.2, 0.25) is 0 Å². The van der Waals surface area contributed by atoms with Gasteiger partial charge in [-0.15, -0.1) is 0 Å². The van der Waals surface area contributed by atoms with Crippen LogP contribution in [0.1, 0.15) is 31.7 Å². The zero-order chi connectivity index (χ0) is 13.6. The predicted octanol–water partition coefficient (Wildman–Crippen LogP) is 2.55. The molecular formula is C16H23NO2. The van der Waals surface area contributed by atoms with Gasteiger partial charge in [-0.2, -0.15) is 0 Å². The third-order valence-electron chi connectivity index (χ3n) is 3.73. The zero-order valence-electron chi connectivity index (χ0n) is 11.7. The quantitative estimate of drug-likeness (QED) is 0.828. The lowest BCUT2D eigenvalue weighted by atomic mass is 9.76. The molecule has 1 saturated heterocycles. The Morgan fingerprint density at radius 2 is 2.16 bits per heavy atom. The Kier molecular flexibility index (Phi) is 4.97. The number of benzene rings is 1. The first kappa shape index (κ1) is 14.1. The highest BCUT2D eigenvalue weighted by atomic mass is 16.5. The van der Waals surface area contributed by atoms with Crippen molar-refractivity contribution in [3.05, 3.63) is 35.9 Å². The third-order valence-corrected chi connectivity index (χ3v) is 3.73. The van der Waals surface area contributed by atoms with E-state index in [1.54, 1.807) is 0 Å². The van der Waals surface area contributed by atoms with Crippen LogP contribution in [-0.4, -0.2) is 25.7 Å². The van der Waals surface area contributed by atoms with Gasteiger partial charge in [0.2, 0.25) is 0 Å². The van der Waals surface area contributed by atoms with Crippen LogP contribution in [0.25, 0.3) is 0 Å². The normalized spacial score (nSPS) is 23.0. The van der Waals surface area contributed by atoms with Crippen LogP contribution in [0.3, 0.4) is 0 Å². The maximum atomic E-state index is 12.4. The standard InChI is InChI=1S/C16H23NO2/c1-2-11-19-15(18)16(9-6-10-17-13-16)12-14-7-4-3-5-8-14/h3-5,7-8,17H,2,6,9-13H2,1H3. The van der Waals surface area contributed by atoms with Crippen molar-refractivity contribution < 1.29 is 9.53 Å². The van der Waals surface area contributed by atoms with Crippen molar-refractivity contribution >= 4 is 5.97 Å². The topological polar surface area (TPSA) is 38.3 Å². The Balaban J connectivity index is 2.12. The molecule has 1 atom stereocenters. The van der Waals surface area contributed by atoms with Crippen molar-refractivity contribution in [2.45, 2.75) is 32.6 Å². The van der Waals surface area contributed by atoms with E-state index in [9.17, 15) is 4.79 Å². The summed E-state index contributed by atoms with van der Waals surface area (Å²) in [6.07, 6.45) is 3.59. The highest BCUT2D eigenvalue weighted by Gasteiger charge is 2.41. The third kappa shape index (κ3) is 3.57. The lowest BCUT2D eigenvalue weighted by molar-refractivity contribution is -0.157. The summed E-state index contributed by atoms with van der Waals surface area (Å²) in [5, 5.41) is 3.35. The summed E-state index contributed by atoms with van der Waals surface area (Å²) in [6.45, 7) is 4.27. The highest BCUT2D eigenvalue weighted by molar-refractivity contribution is 5.77. The van der Waals surface area contributed by atoms with E-state index in [1.807, 2.05) is 25.1 Å². The molecule has 0 radical (unpaired) electrons. The van der Waals surface area contributed by atoms with Gasteiger partial charge in [0.1, 0.15) is 0 Å². The Labute approximate surface area is 115 Å². The summed E-state index contributed by atoms with van der Waals surface area (Å²) >= 11 is 0. The van der Waals surface area contributed by atoms with Gasteiger partial charge in [0, 0.05) is 6.54 Å². The van der Waals surface area contributed by atoms with E-state index in [1.165, 1.54) is 5.56 Å². The van der Waals surface area contributed by atoms with Gasteiger partial charge < -0.3 is 10.1 Å². The van der Waals surface area contributed by atoms with Gasteiger partial charge in [-0.3, -0.25) is 4.79 Å². The van der Waals surface area contributed by atoms with Crippen LogP contribution < -0.4 is 5.32 Å². The summed E-state index contributed by atoms with van der Waals surface area (Å²) in [7, 11) is 0. The Hall–Kier alpha value is -1.35. The number of rotatable bonds is 5. The van der Waals surface area contributed by atoms with Crippen molar-refractivity contribution in [1.82, 2.24) is 5.32 Å². The monoisotopic (exact) mass is 261 g/mol. The minimum atomic E-state index is -0.380. The molecule has 1 heterocycles. The van der Waals surface area contributed by atoms with E-state index in [0.717, 1.165) is 38.8 Å². The lowest BCUT2D eigenvalue weighted by Gasteiger charge is -2.35. The molecule has 19 heavy (non-hydrogen) atoms. The van der Waals surface area contributed by atoms with Crippen molar-refractivity contribution in [2.24, 2.45) is 5.41 Å². The fourth-order valence-corrected chi connectivity index (χ4v) is 2.70. The number of nitrogens with one attached hydrogen (secondary N) is 1. The highest BCUT2D eigenvalue weighted by Crippen LogP contribution is 2.32. The number of carbonyl (C=O) groups is 1. The number of ether oxygens (including phenoxy) is 1. The molecule has 1 N–H and O–H groups in total. The van der Waals surface area contributed by atoms with Crippen LogP contribution in [0.4, 0.5) is 0 Å². The second-order valence-corrected chi connectivity index (χ2v) is 5.36. The SMILES string of the molecule is CCCOC(=O)C1(Cc2ccccc2)CCCNC1. The second-order valence-electron chi connectivity index (χ2n) is 5.36. The van der Waals surface area contributed by atoms with Crippen molar-refractivity contribution in [3.8, 4) is 0 Å². The van der Waals surface area contributed by atoms with Gasteiger partial charge in [-0.25, -0.2) is 0 Å². The van der Waals surface area contributed by atoms with Gasteiger partial charge in [0.25, 0.3) is 0 Å². The Morgan fingerprint density at radius 3 is 2.79 bits per heavy atom. The number of piperidine rings is 1. The fourth-order valence-electron chi connectivity index (χ4n) is 2.70. The molecule has 2 rings (SSSR count). The first-order chi connectivity index (χ1) is 9.27. The molecule has 1 aromatic rings. The van der Waals surface area contributed by atoms with Crippen molar-refractivity contribution in [1.29, 1.82) is 0 Å². The Bertz CT molecular complexity index is 396. The fraction of sp³-hybridized carbons (Fsp3) is 0.562. The predicted molar refractivity (Wildman–Crippen MR) is 75.9 cm³/mol. The molecule has 1 aromatic carbocycles. The Morgan fingerprint density at radius 1 is 1.37 bits per heavy atom. The summed E-state index contributed by atoms with van der Waals surface area (Å²) in [5.74, 6) is -0.0367. The summed E-state index contributed by atoms with van der Waals surface area (Å²) < 4.78 is 5.43. The molecule has 3 heteroatoms. The first-order valence-electron chi connectivity index (χ1n) is 7.19. The van der Waals surface area contributed by atoms with Gasteiger partial charge >= 0.3 is 5.97 Å². The van der Waals surface area contributed by atoms with Crippen LogP contribution in [0.15, 0.2) is 30.3 Å². The molecule has 0 aliphatic carbocycles. The van der Waals surface area contributed by atoms with E-state index in [0.29, 0.717) is 6.61 Å². The molecule has 0 saturated carbocycles. The molecule has 1 aliphatic rings. The van der Waals surface area contributed by atoms with E-state index in [2.05, 4.69) is 17.4 Å². The maximum Gasteiger partial charge on any atom is 0.313 e. The van der Waals surface area contributed by atoms with Gasteiger partial charge in [-0.1, -0.05) is 37.3 Å². The largest absolute Gasteiger partial charge is 0.465 e. The van der Waals surface area contributed by atoms with Gasteiger partial charge in [-0.05, 0) is 37.8 Å². The molecule has 0 bridgehead atoms. The van der Waals surface area contributed by atoms with Gasteiger partial charge in [0.15, 0.2) is 0 Å². The summed E-state index contributed by atoms with van der Waals surface area (Å²) in [5.41, 5.74) is 0.828. The van der Waals surface area contributed by atoms with E-state index in [4.69, 9.17) is 4.74 Å². The molecule has 1 aliphatic heterocycles. The van der Waals surface area contributed by atoms with Gasteiger partial charge in [0.05, 0.1) is 12.0 Å². The molecular weight excluding hydrogens is 238 g/mol. The lowest BCUT2D eigenvalue weighted by Crippen LogP contribution is -2.48. The van der Waals surface area contributed by atoms with Crippen molar-refractivity contribution in [2.75, 3.05) is 19.7 Å². The van der Waals surface area contributed by atoms with E-state index >= 15 is 0 Å². The summed E-state index contributed by atoms with van der Waals surface area (Å²) in [4.78, 5) is 12.4. The number of carbonyl (C=O) groups excluding carboxylic acids is 1. The average Bonchev–Trinajstić information content (AvgIpc) is 2.46. The molecule has 3 nitrogen and oxygen atoms in total. The van der Waals surface area contributed by atoms with Crippen LogP contribution in [0.5, 0.6) is 0 Å². The van der Waals surface area contributed by atoms with Crippen LogP contribution in [0, 0.1) is 5.41 Å². The second kappa shape index (κ2) is 6.71. The van der Waals surface area contributed by atoms with E-state index in [-0.39, 0.29) is 11.4 Å². The average molecular weight is 261 g/mol. The summed E-state index contributed by atoms with van der Waals surface area (Å²) in [6, 6.07) is 10.2. The van der Waals surface area contributed by atoms with E-state index < -0.39 is 0 Å². The number of hydrogen-bond acceptors (Lipinski definition) is 3. The molecule has 1 unspecified atom stereocenters. The minimum absolute atomic E-state index is 0.0367. The smallest absolute Gasteiger partial charge is 0.313 e. The molecule has 0 spiro atoms. The maximum absolute atomic E-state index is 12.4. The van der Waals surface area contributed by atoms with Crippen LogP contribution >= 0.6 is 0 Å². The van der Waals surface area contributed by atoms with Crippen LogP contribution in [-0.2, 0) is 16.0 Å².